The summed E-state index contributed by atoms with van der Waals surface area (Å²) in [7, 11) is 1.58. The van der Waals surface area contributed by atoms with Gasteiger partial charge in [-0.1, -0.05) is 23.7 Å². The molecule has 5 heteroatoms. The first-order chi connectivity index (χ1) is 9.09. The highest BCUT2D eigenvalue weighted by atomic mass is 35.5. The van der Waals surface area contributed by atoms with Crippen LogP contribution in [0.3, 0.4) is 0 Å². The summed E-state index contributed by atoms with van der Waals surface area (Å²) in [5.41, 5.74) is 0.619. The SMILES string of the molecule is CN(Cc1ccccn1)C(=O)c1c(F)cccc1Cl. The third-order valence-electron chi connectivity index (χ3n) is 2.65. The van der Waals surface area contributed by atoms with E-state index in [2.05, 4.69) is 4.98 Å². The first-order valence-electron chi connectivity index (χ1n) is 5.69. The van der Waals surface area contributed by atoms with Crippen molar-refractivity contribution in [2.75, 3.05) is 7.05 Å². The third-order valence-corrected chi connectivity index (χ3v) is 2.96. The zero-order valence-corrected chi connectivity index (χ0v) is 11.1. The summed E-state index contributed by atoms with van der Waals surface area (Å²) in [6, 6.07) is 9.59. The molecule has 0 N–H and O–H groups in total. The van der Waals surface area contributed by atoms with E-state index in [1.807, 2.05) is 6.07 Å². The molecule has 0 unspecified atom stereocenters. The Labute approximate surface area is 115 Å². The molecule has 0 aliphatic carbocycles. The Morgan fingerprint density at radius 3 is 2.74 bits per heavy atom. The minimum absolute atomic E-state index is 0.109. The van der Waals surface area contributed by atoms with Crippen LogP contribution in [0.2, 0.25) is 5.02 Å². The van der Waals surface area contributed by atoms with E-state index in [-0.39, 0.29) is 10.6 Å². The lowest BCUT2D eigenvalue weighted by Gasteiger charge is -2.17. The van der Waals surface area contributed by atoms with Crippen LogP contribution in [0, 0.1) is 5.82 Å². The van der Waals surface area contributed by atoms with Crippen molar-refractivity contribution in [2.45, 2.75) is 6.54 Å². The second-order valence-electron chi connectivity index (χ2n) is 4.08. The maximum Gasteiger partial charge on any atom is 0.258 e. The maximum atomic E-state index is 13.7. The molecule has 98 valence electrons. The van der Waals surface area contributed by atoms with E-state index in [0.29, 0.717) is 6.54 Å². The molecule has 1 aromatic carbocycles. The Morgan fingerprint density at radius 2 is 2.11 bits per heavy atom. The number of benzene rings is 1. The molecule has 1 aromatic heterocycles. The monoisotopic (exact) mass is 278 g/mol. The van der Waals surface area contributed by atoms with Crippen LogP contribution in [-0.2, 0) is 6.54 Å². The first kappa shape index (κ1) is 13.5. The Kier molecular flexibility index (Phi) is 4.12. The molecule has 0 fully saturated rings. The zero-order chi connectivity index (χ0) is 13.8. The molecule has 0 bridgehead atoms. The molecule has 0 saturated heterocycles. The maximum absolute atomic E-state index is 13.7. The summed E-state index contributed by atoms with van der Waals surface area (Å²) in [5.74, 6) is -1.08. The van der Waals surface area contributed by atoms with Crippen LogP contribution >= 0.6 is 11.6 Å². The number of rotatable bonds is 3. The van der Waals surface area contributed by atoms with Gasteiger partial charge in [-0.05, 0) is 24.3 Å². The van der Waals surface area contributed by atoms with Gasteiger partial charge >= 0.3 is 0 Å². The van der Waals surface area contributed by atoms with Crippen LogP contribution in [0.5, 0.6) is 0 Å². The third kappa shape index (κ3) is 3.09. The molecule has 0 radical (unpaired) electrons. The molecule has 0 aliphatic rings. The summed E-state index contributed by atoms with van der Waals surface area (Å²) >= 11 is 5.87. The summed E-state index contributed by atoms with van der Waals surface area (Å²) in [5, 5.41) is 0.109. The van der Waals surface area contributed by atoms with Crippen molar-refractivity contribution in [1.82, 2.24) is 9.88 Å². The second kappa shape index (κ2) is 5.80. The van der Waals surface area contributed by atoms with Gasteiger partial charge in [0.1, 0.15) is 5.82 Å². The first-order valence-corrected chi connectivity index (χ1v) is 6.07. The van der Waals surface area contributed by atoms with Gasteiger partial charge < -0.3 is 4.90 Å². The highest BCUT2D eigenvalue weighted by Gasteiger charge is 2.19. The molecule has 1 heterocycles. The van der Waals surface area contributed by atoms with Crippen LogP contribution in [-0.4, -0.2) is 22.8 Å². The van der Waals surface area contributed by atoms with Crippen LogP contribution < -0.4 is 0 Å². The van der Waals surface area contributed by atoms with Gasteiger partial charge in [0.25, 0.3) is 5.91 Å². The van der Waals surface area contributed by atoms with Crippen LogP contribution in [0.4, 0.5) is 4.39 Å². The number of carbonyl (C=O) groups is 1. The van der Waals surface area contributed by atoms with Crippen LogP contribution in [0.15, 0.2) is 42.6 Å². The standard InChI is InChI=1S/C14H12ClFN2O/c1-18(9-10-5-2-3-8-17-10)14(19)13-11(15)6-4-7-12(13)16/h2-8H,9H2,1H3. The van der Waals surface area contributed by atoms with E-state index in [9.17, 15) is 9.18 Å². The Hall–Kier alpha value is -1.94. The number of pyridine rings is 1. The van der Waals surface area contributed by atoms with Gasteiger partial charge in [-0.2, -0.15) is 0 Å². The normalized spacial score (nSPS) is 10.3. The molecule has 1 amide bonds. The number of halogens is 2. The van der Waals surface area contributed by atoms with Crippen molar-refractivity contribution < 1.29 is 9.18 Å². The average Bonchev–Trinajstić information content (AvgIpc) is 2.39. The van der Waals surface area contributed by atoms with E-state index in [0.717, 1.165) is 5.69 Å². The van der Waals surface area contributed by atoms with Gasteiger partial charge in [0.2, 0.25) is 0 Å². The predicted octanol–water partition coefficient (Wildman–Crippen LogP) is 3.15. The van der Waals surface area contributed by atoms with Crippen LogP contribution in [0.25, 0.3) is 0 Å². The fourth-order valence-electron chi connectivity index (χ4n) is 1.70. The van der Waals surface area contributed by atoms with Crippen molar-refractivity contribution in [3.8, 4) is 0 Å². The Balaban J connectivity index is 2.20. The summed E-state index contributed by atoms with van der Waals surface area (Å²) in [6.07, 6.45) is 1.64. The van der Waals surface area contributed by atoms with Gasteiger partial charge in [0.05, 0.1) is 22.8 Å². The highest BCUT2D eigenvalue weighted by Crippen LogP contribution is 2.20. The lowest BCUT2D eigenvalue weighted by molar-refractivity contribution is 0.0779. The fraction of sp³-hybridized carbons (Fsp3) is 0.143. The number of hydrogen-bond acceptors (Lipinski definition) is 2. The van der Waals surface area contributed by atoms with Crippen molar-refractivity contribution >= 4 is 17.5 Å². The van der Waals surface area contributed by atoms with Crippen molar-refractivity contribution in [3.05, 3.63) is 64.7 Å². The predicted molar refractivity (Wildman–Crippen MR) is 71.4 cm³/mol. The summed E-state index contributed by atoms with van der Waals surface area (Å²) < 4.78 is 13.7. The van der Waals surface area contributed by atoms with Crippen molar-refractivity contribution in [2.24, 2.45) is 0 Å². The molecule has 0 spiro atoms. The van der Waals surface area contributed by atoms with Crippen molar-refractivity contribution in [3.63, 3.8) is 0 Å². The number of amides is 1. The molecular formula is C14H12ClFN2O. The Bertz CT molecular complexity index is 569. The van der Waals surface area contributed by atoms with Gasteiger partial charge in [-0.15, -0.1) is 0 Å². The number of nitrogens with zero attached hydrogens (tertiary/aromatic N) is 2. The average molecular weight is 279 g/mol. The number of hydrogen-bond donors (Lipinski definition) is 0. The smallest absolute Gasteiger partial charge is 0.258 e. The largest absolute Gasteiger partial charge is 0.336 e. The second-order valence-corrected chi connectivity index (χ2v) is 4.49. The quantitative estimate of drug-likeness (QED) is 0.864. The van der Waals surface area contributed by atoms with E-state index in [4.69, 9.17) is 11.6 Å². The van der Waals surface area contributed by atoms with Gasteiger partial charge in [-0.25, -0.2) is 4.39 Å². The minimum atomic E-state index is -0.620. The van der Waals surface area contributed by atoms with Crippen LogP contribution in [0.1, 0.15) is 16.1 Å². The van der Waals surface area contributed by atoms with Gasteiger partial charge in [0.15, 0.2) is 0 Å². The molecule has 0 atom stereocenters. The number of aromatic nitrogens is 1. The fourth-order valence-corrected chi connectivity index (χ4v) is 1.94. The molecular weight excluding hydrogens is 267 g/mol. The molecule has 2 aromatic rings. The van der Waals surface area contributed by atoms with E-state index < -0.39 is 11.7 Å². The minimum Gasteiger partial charge on any atom is -0.336 e. The molecule has 19 heavy (non-hydrogen) atoms. The molecule has 0 saturated carbocycles. The summed E-state index contributed by atoms with van der Waals surface area (Å²) in [6.45, 7) is 0.296. The summed E-state index contributed by atoms with van der Waals surface area (Å²) in [4.78, 5) is 17.7. The molecule has 0 aliphatic heterocycles. The van der Waals surface area contributed by atoms with E-state index >= 15 is 0 Å². The van der Waals surface area contributed by atoms with Gasteiger partial charge in [0, 0.05) is 13.2 Å². The highest BCUT2D eigenvalue weighted by molar-refractivity contribution is 6.33. The van der Waals surface area contributed by atoms with Crippen molar-refractivity contribution in [1.29, 1.82) is 0 Å². The molecule has 3 nitrogen and oxygen atoms in total. The Morgan fingerprint density at radius 1 is 1.32 bits per heavy atom. The van der Waals surface area contributed by atoms with Gasteiger partial charge in [-0.3, -0.25) is 9.78 Å². The topological polar surface area (TPSA) is 33.2 Å². The lowest BCUT2D eigenvalue weighted by atomic mass is 10.2. The lowest BCUT2D eigenvalue weighted by Crippen LogP contribution is -2.27. The van der Waals surface area contributed by atoms with E-state index in [1.54, 1.807) is 25.4 Å². The zero-order valence-electron chi connectivity index (χ0n) is 10.3. The van der Waals surface area contributed by atoms with E-state index in [1.165, 1.54) is 23.1 Å². The molecule has 2 rings (SSSR count). The number of carbonyl (C=O) groups excluding carboxylic acids is 1.